The number of phosphoric acid groups is 2. The summed E-state index contributed by atoms with van der Waals surface area (Å²) < 4.78 is 68.6. The van der Waals surface area contributed by atoms with Gasteiger partial charge in [-0.25, -0.2) is 9.13 Å². The Morgan fingerprint density at radius 1 is 0.292 bits per heavy atom. The minimum atomic E-state index is -4.96. The number of ether oxygens (including phenoxy) is 4. The topological polar surface area (TPSA) is 237 Å². The minimum Gasteiger partial charge on any atom is -0.462 e. The number of unbranched alkanes of at least 4 members (excludes halogenated alkanes) is 39. The Kier molecular flexibility index (Phi) is 65.0. The first kappa shape index (κ1) is 94.1. The molecule has 0 aromatic rings. The maximum atomic E-state index is 13.1. The molecule has 0 rings (SSSR count). The van der Waals surface area contributed by atoms with Crippen molar-refractivity contribution in [1.82, 2.24) is 0 Å². The molecule has 3 N–H and O–H groups in total. The summed E-state index contributed by atoms with van der Waals surface area (Å²) >= 11 is 0. The first-order chi connectivity index (χ1) is 46.1. The molecule has 0 heterocycles. The van der Waals surface area contributed by atoms with E-state index in [1.54, 1.807) is 0 Å². The Balaban J connectivity index is 5.24. The van der Waals surface area contributed by atoms with Gasteiger partial charge in [-0.15, -0.1) is 0 Å². The van der Waals surface area contributed by atoms with Gasteiger partial charge < -0.3 is 33.8 Å². The molecule has 0 bridgehead atoms. The minimum absolute atomic E-state index is 0.106. The highest BCUT2D eigenvalue weighted by molar-refractivity contribution is 7.47. The van der Waals surface area contributed by atoms with Gasteiger partial charge in [0.15, 0.2) is 12.2 Å². The van der Waals surface area contributed by atoms with Crippen molar-refractivity contribution >= 4 is 39.5 Å². The van der Waals surface area contributed by atoms with E-state index in [1.807, 2.05) is 0 Å². The zero-order valence-corrected chi connectivity index (χ0v) is 64.8. The average molecular weight is 1410 g/mol. The molecular formula is C77H150O17P2. The smallest absolute Gasteiger partial charge is 0.462 e. The van der Waals surface area contributed by atoms with Gasteiger partial charge in [0.1, 0.15) is 19.3 Å². The van der Waals surface area contributed by atoms with Crippen molar-refractivity contribution < 1.29 is 80.2 Å². The molecule has 0 aliphatic rings. The van der Waals surface area contributed by atoms with Crippen molar-refractivity contribution in [2.24, 2.45) is 23.7 Å². The summed E-state index contributed by atoms with van der Waals surface area (Å²) in [6, 6.07) is 0. The van der Waals surface area contributed by atoms with Crippen LogP contribution in [0.2, 0.25) is 0 Å². The van der Waals surface area contributed by atoms with Gasteiger partial charge in [0.05, 0.1) is 26.4 Å². The molecule has 0 aliphatic heterocycles. The molecule has 96 heavy (non-hydrogen) atoms. The molecule has 570 valence electrons. The van der Waals surface area contributed by atoms with Gasteiger partial charge in [0.25, 0.3) is 0 Å². The highest BCUT2D eigenvalue weighted by Crippen LogP contribution is 2.45. The largest absolute Gasteiger partial charge is 0.472 e. The third-order valence-corrected chi connectivity index (χ3v) is 20.1. The van der Waals surface area contributed by atoms with Crippen molar-refractivity contribution in [1.29, 1.82) is 0 Å². The summed E-state index contributed by atoms with van der Waals surface area (Å²) in [7, 11) is -9.92. The van der Waals surface area contributed by atoms with Crippen LogP contribution in [-0.2, 0) is 65.4 Å². The SMILES string of the molecule is CCC(C)CCCCCCCCCCC(=O)OC[C@H](COP(=O)(O)OCC(O)COP(=O)(O)OC[C@@H](COC(=O)CCCCCCCCCC(C)C)OC(=O)CCCCCCCCCCCCCCCCCC(C)C)OC(=O)CCCCCCCCCCCCCCCC(C)C. The molecule has 0 fully saturated rings. The summed E-state index contributed by atoms with van der Waals surface area (Å²) in [5.41, 5.74) is 0. The van der Waals surface area contributed by atoms with E-state index in [0.29, 0.717) is 31.6 Å². The van der Waals surface area contributed by atoms with Crippen LogP contribution in [-0.4, -0.2) is 96.7 Å². The van der Waals surface area contributed by atoms with Gasteiger partial charge in [-0.1, -0.05) is 338 Å². The average Bonchev–Trinajstić information content (AvgIpc) is 1.19. The molecule has 0 saturated carbocycles. The van der Waals surface area contributed by atoms with E-state index in [0.717, 1.165) is 114 Å². The first-order valence-electron chi connectivity index (χ1n) is 39.7. The van der Waals surface area contributed by atoms with Gasteiger partial charge in [0.2, 0.25) is 0 Å². The second-order valence-corrected chi connectivity index (χ2v) is 32.3. The number of rotatable bonds is 74. The molecule has 0 saturated heterocycles. The van der Waals surface area contributed by atoms with Gasteiger partial charge in [-0.05, 0) is 49.4 Å². The van der Waals surface area contributed by atoms with Crippen molar-refractivity contribution in [3.05, 3.63) is 0 Å². The molecule has 0 aliphatic carbocycles. The van der Waals surface area contributed by atoms with Crippen molar-refractivity contribution in [2.75, 3.05) is 39.6 Å². The summed E-state index contributed by atoms with van der Waals surface area (Å²) in [5.74, 6) is 0.951. The van der Waals surface area contributed by atoms with E-state index in [4.69, 9.17) is 37.0 Å². The first-order valence-corrected chi connectivity index (χ1v) is 42.7. The fourth-order valence-corrected chi connectivity index (χ4v) is 13.3. The van der Waals surface area contributed by atoms with Crippen LogP contribution >= 0.6 is 15.6 Å². The Bertz CT molecular complexity index is 1890. The van der Waals surface area contributed by atoms with Crippen molar-refractivity contribution in [2.45, 2.75) is 408 Å². The number of hydrogen-bond donors (Lipinski definition) is 3. The van der Waals surface area contributed by atoms with Crippen molar-refractivity contribution in [3.8, 4) is 0 Å². The molecular weight excluding hydrogens is 1260 g/mol. The number of aliphatic hydroxyl groups is 1. The maximum Gasteiger partial charge on any atom is 0.472 e. The van der Waals surface area contributed by atoms with Crippen LogP contribution in [0, 0.1) is 23.7 Å². The molecule has 0 spiro atoms. The summed E-state index contributed by atoms with van der Waals surface area (Å²) in [6.07, 6.45) is 51.3. The molecule has 17 nitrogen and oxygen atoms in total. The van der Waals surface area contributed by atoms with E-state index < -0.39 is 97.5 Å². The number of carbonyl (C=O) groups excluding carboxylic acids is 4. The second kappa shape index (κ2) is 66.3. The highest BCUT2D eigenvalue weighted by atomic mass is 31.2. The lowest BCUT2D eigenvalue weighted by Crippen LogP contribution is -2.30. The quantitative estimate of drug-likeness (QED) is 0.0222. The Morgan fingerprint density at radius 2 is 0.500 bits per heavy atom. The molecule has 0 aromatic carbocycles. The van der Waals surface area contributed by atoms with Crippen LogP contribution in [0.3, 0.4) is 0 Å². The standard InChI is InChI=1S/C77H150O17P2/c1-9-70(8)56-48-40-32-26-27-33-41-49-57-74(79)87-63-72(93-76(81)60-52-44-35-25-21-17-13-15-19-23-30-38-46-54-68(4)5)65-91-95(83,84)89-61-71(78)62-90-96(85,86)92-66-73(64-88-75(80)58-50-42-36-28-31-39-47-55-69(6)7)94-77(82)59-51-43-34-24-20-16-12-10-11-14-18-22-29-37-45-53-67(2)3/h67-73,78H,9-66H2,1-8H3,(H,83,84)(H,85,86)/t70?,71?,72-,73-/m1/s1. The Hall–Kier alpha value is -1.94. The molecule has 4 unspecified atom stereocenters. The van der Waals surface area contributed by atoms with Crippen LogP contribution in [0.15, 0.2) is 0 Å². The number of aliphatic hydroxyl groups excluding tert-OH is 1. The number of hydrogen-bond acceptors (Lipinski definition) is 15. The van der Waals surface area contributed by atoms with Gasteiger partial charge in [0, 0.05) is 25.7 Å². The lowest BCUT2D eigenvalue weighted by Gasteiger charge is -2.21. The summed E-state index contributed by atoms with van der Waals surface area (Å²) in [5, 5.41) is 10.6. The van der Waals surface area contributed by atoms with E-state index in [2.05, 4.69) is 55.4 Å². The van der Waals surface area contributed by atoms with E-state index in [9.17, 15) is 43.2 Å². The van der Waals surface area contributed by atoms with E-state index >= 15 is 0 Å². The van der Waals surface area contributed by atoms with Crippen LogP contribution < -0.4 is 0 Å². The van der Waals surface area contributed by atoms with E-state index in [1.165, 1.54) is 186 Å². The molecule has 0 aromatic heterocycles. The lowest BCUT2D eigenvalue weighted by atomic mass is 9.99. The zero-order chi connectivity index (χ0) is 71.0. The molecule has 6 atom stereocenters. The molecule has 0 radical (unpaired) electrons. The third-order valence-electron chi connectivity index (χ3n) is 18.2. The van der Waals surface area contributed by atoms with Crippen molar-refractivity contribution in [3.63, 3.8) is 0 Å². The fraction of sp³-hybridized carbons (Fsp3) is 0.948. The van der Waals surface area contributed by atoms with E-state index in [-0.39, 0.29) is 25.7 Å². The van der Waals surface area contributed by atoms with Crippen LogP contribution in [0.5, 0.6) is 0 Å². The molecule has 19 heteroatoms. The molecule has 0 amide bonds. The van der Waals surface area contributed by atoms with Gasteiger partial charge in [-0.3, -0.25) is 37.3 Å². The van der Waals surface area contributed by atoms with Crippen LogP contribution in [0.25, 0.3) is 0 Å². The number of phosphoric ester groups is 2. The van der Waals surface area contributed by atoms with Crippen LogP contribution in [0.4, 0.5) is 0 Å². The fourth-order valence-electron chi connectivity index (χ4n) is 11.7. The summed E-state index contributed by atoms with van der Waals surface area (Å²) in [4.78, 5) is 72.8. The van der Waals surface area contributed by atoms with Gasteiger partial charge >= 0.3 is 39.5 Å². The predicted octanol–water partition coefficient (Wildman–Crippen LogP) is 22.4. The number of esters is 4. The van der Waals surface area contributed by atoms with Crippen LogP contribution in [0.1, 0.15) is 389 Å². The predicted molar refractivity (Wildman–Crippen MR) is 391 cm³/mol. The Labute approximate surface area is 588 Å². The number of carbonyl (C=O) groups is 4. The second-order valence-electron chi connectivity index (χ2n) is 29.4. The Morgan fingerprint density at radius 3 is 0.740 bits per heavy atom. The monoisotopic (exact) mass is 1410 g/mol. The van der Waals surface area contributed by atoms with Gasteiger partial charge in [-0.2, -0.15) is 0 Å². The highest BCUT2D eigenvalue weighted by Gasteiger charge is 2.30. The summed E-state index contributed by atoms with van der Waals surface area (Å²) in [6.45, 7) is 14.2. The normalized spacial score (nSPS) is 14.4. The lowest BCUT2D eigenvalue weighted by molar-refractivity contribution is -0.161. The third kappa shape index (κ3) is 69.2. The maximum absolute atomic E-state index is 13.1. The zero-order valence-electron chi connectivity index (χ0n) is 63.0.